The molecule has 41 heavy (non-hydrogen) atoms. The topological polar surface area (TPSA) is 101 Å². The first-order valence-corrected chi connectivity index (χ1v) is 13.4. The van der Waals surface area contributed by atoms with Crippen LogP contribution in [0.5, 0.6) is 11.5 Å². The van der Waals surface area contributed by atoms with Gasteiger partial charge >= 0.3 is 11.7 Å². The van der Waals surface area contributed by atoms with Crippen LogP contribution < -0.4 is 20.9 Å². The van der Waals surface area contributed by atoms with Gasteiger partial charge in [-0.05, 0) is 47.9 Å². The normalized spacial score (nSPS) is 14.6. The number of aryl methyl sites for hydroxylation is 1. The van der Waals surface area contributed by atoms with Gasteiger partial charge < -0.3 is 18.9 Å². The van der Waals surface area contributed by atoms with Gasteiger partial charge in [0.1, 0.15) is 24.7 Å². The number of aromatic nitrogens is 4. The molecule has 10 nitrogen and oxygen atoms in total. The number of hydrogen-bond acceptors (Lipinski definition) is 7. The number of para-hydroxylation sites is 1. The number of carbonyl (C=O) groups is 1. The molecule has 0 unspecified atom stereocenters. The molecular formula is C31H29N5O5. The molecule has 208 valence electrons. The molecule has 6 rings (SSSR count). The fourth-order valence-electron chi connectivity index (χ4n) is 5.09. The summed E-state index contributed by atoms with van der Waals surface area (Å²) in [6.07, 6.45) is 0. The van der Waals surface area contributed by atoms with Gasteiger partial charge in [0.25, 0.3) is 5.56 Å². The largest absolute Gasteiger partial charge is 0.459 e. The number of fused-ring (bicyclic) bond motifs is 3. The summed E-state index contributed by atoms with van der Waals surface area (Å²) >= 11 is 0. The van der Waals surface area contributed by atoms with E-state index in [-0.39, 0.29) is 23.7 Å². The molecule has 2 aromatic heterocycles. The Kier molecular flexibility index (Phi) is 6.88. The average molecular weight is 552 g/mol. The van der Waals surface area contributed by atoms with Crippen molar-refractivity contribution in [3.63, 3.8) is 0 Å². The highest BCUT2D eigenvalue weighted by molar-refractivity contribution is 5.78. The molecule has 3 heterocycles. The van der Waals surface area contributed by atoms with E-state index in [9.17, 15) is 14.4 Å². The Morgan fingerprint density at radius 1 is 0.902 bits per heavy atom. The van der Waals surface area contributed by atoms with Gasteiger partial charge in [0.05, 0.1) is 0 Å². The fraction of sp³-hybridized carbons (Fsp3) is 0.226. The van der Waals surface area contributed by atoms with Crippen molar-refractivity contribution in [1.29, 1.82) is 0 Å². The van der Waals surface area contributed by atoms with Crippen LogP contribution in [0.3, 0.4) is 0 Å². The molecule has 1 aliphatic rings. The van der Waals surface area contributed by atoms with Gasteiger partial charge in [0.15, 0.2) is 11.2 Å². The van der Waals surface area contributed by atoms with Gasteiger partial charge in [-0.25, -0.2) is 9.36 Å². The number of rotatable bonds is 7. The average Bonchev–Trinajstić information content (AvgIpc) is 3.38. The summed E-state index contributed by atoms with van der Waals surface area (Å²) in [4.78, 5) is 46.2. The van der Waals surface area contributed by atoms with Crippen LogP contribution in [0.2, 0.25) is 0 Å². The van der Waals surface area contributed by atoms with Gasteiger partial charge in [0, 0.05) is 25.8 Å². The van der Waals surface area contributed by atoms with Crippen LogP contribution in [0.25, 0.3) is 11.2 Å². The zero-order valence-corrected chi connectivity index (χ0v) is 22.8. The molecule has 0 bridgehead atoms. The van der Waals surface area contributed by atoms with Crippen LogP contribution in [-0.4, -0.2) is 31.2 Å². The third kappa shape index (κ3) is 5.11. The molecule has 0 aliphatic carbocycles. The maximum absolute atomic E-state index is 13.7. The lowest BCUT2D eigenvalue weighted by atomic mass is 10.1. The third-order valence-corrected chi connectivity index (χ3v) is 7.10. The summed E-state index contributed by atoms with van der Waals surface area (Å²) in [5, 5.41) is 0. The van der Waals surface area contributed by atoms with E-state index in [0.29, 0.717) is 24.8 Å². The van der Waals surface area contributed by atoms with Crippen molar-refractivity contribution in [3.05, 3.63) is 111 Å². The minimum atomic E-state index is -0.668. The van der Waals surface area contributed by atoms with Crippen molar-refractivity contribution >= 4 is 28.8 Å². The first-order chi connectivity index (χ1) is 19.9. The zero-order chi connectivity index (χ0) is 28.5. The molecule has 1 atom stereocenters. The smallest absolute Gasteiger partial charge is 0.333 e. The molecule has 0 N–H and O–H groups in total. The highest BCUT2D eigenvalue weighted by Gasteiger charge is 2.30. The number of anilines is 2. The predicted molar refractivity (Wildman–Crippen MR) is 155 cm³/mol. The highest BCUT2D eigenvalue weighted by Crippen LogP contribution is 2.34. The first-order valence-electron chi connectivity index (χ1n) is 13.4. The summed E-state index contributed by atoms with van der Waals surface area (Å²) in [5.74, 6) is 1.52. The lowest BCUT2D eigenvalue weighted by Gasteiger charge is -2.33. The van der Waals surface area contributed by atoms with Crippen molar-refractivity contribution in [2.45, 2.75) is 26.6 Å². The Balaban J connectivity index is 1.32. The third-order valence-electron chi connectivity index (χ3n) is 7.10. The molecule has 0 amide bonds. The molecular weight excluding hydrogens is 522 g/mol. The van der Waals surface area contributed by atoms with E-state index in [1.54, 1.807) is 7.05 Å². The van der Waals surface area contributed by atoms with Crippen LogP contribution in [0.4, 0.5) is 11.6 Å². The van der Waals surface area contributed by atoms with Gasteiger partial charge in [-0.15, -0.1) is 0 Å². The second-order valence-electron chi connectivity index (χ2n) is 10.2. The van der Waals surface area contributed by atoms with E-state index in [4.69, 9.17) is 14.5 Å². The summed E-state index contributed by atoms with van der Waals surface area (Å²) in [7, 11) is 1.55. The second kappa shape index (κ2) is 10.8. The summed E-state index contributed by atoms with van der Waals surface area (Å²) in [6.45, 7) is 2.88. The number of hydrogen-bond donors (Lipinski definition) is 0. The van der Waals surface area contributed by atoms with Gasteiger partial charge in [-0.1, -0.05) is 55.5 Å². The van der Waals surface area contributed by atoms with E-state index >= 15 is 0 Å². The molecule has 5 aromatic rings. The van der Waals surface area contributed by atoms with Crippen molar-refractivity contribution < 1.29 is 14.3 Å². The minimum absolute atomic E-state index is 0.0563. The first kappa shape index (κ1) is 26.1. The van der Waals surface area contributed by atoms with Crippen molar-refractivity contribution in [3.8, 4) is 11.5 Å². The molecule has 3 aromatic carbocycles. The number of imidazole rings is 1. The highest BCUT2D eigenvalue weighted by atomic mass is 16.5. The lowest BCUT2D eigenvalue weighted by molar-refractivity contribution is -0.145. The fourth-order valence-corrected chi connectivity index (χ4v) is 5.09. The Hall–Kier alpha value is -5.12. The Bertz CT molecular complexity index is 1830. The van der Waals surface area contributed by atoms with E-state index in [2.05, 4.69) is 6.92 Å². The van der Waals surface area contributed by atoms with Crippen LogP contribution in [0.15, 0.2) is 94.5 Å². The number of nitrogens with zero attached hydrogens (tertiary/aromatic N) is 5. The van der Waals surface area contributed by atoms with Gasteiger partial charge in [0.2, 0.25) is 5.95 Å². The Morgan fingerprint density at radius 3 is 2.27 bits per heavy atom. The number of benzene rings is 3. The maximum Gasteiger partial charge on any atom is 0.333 e. The number of carbonyl (C=O) groups excluding carboxylic acids is 1. The SMILES string of the molecule is C[C@H]1CN(c2ccc(Oc3ccccc3)cc2)c2nc3c(c(=O)n(CC(=O)OCc4ccccc4)c(=O)n3C)n2C1. The van der Waals surface area contributed by atoms with Gasteiger partial charge in [-0.3, -0.25) is 14.2 Å². The summed E-state index contributed by atoms with van der Waals surface area (Å²) < 4.78 is 15.3. The number of ether oxygens (including phenoxy) is 2. The van der Waals surface area contributed by atoms with Crippen molar-refractivity contribution in [2.24, 2.45) is 13.0 Å². The van der Waals surface area contributed by atoms with E-state index < -0.39 is 23.8 Å². The lowest BCUT2D eigenvalue weighted by Crippen LogP contribution is -2.42. The molecule has 10 heteroatoms. The van der Waals surface area contributed by atoms with E-state index in [0.717, 1.165) is 21.6 Å². The predicted octanol–water partition coefficient (Wildman–Crippen LogP) is 4.22. The Morgan fingerprint density at radius 2 is 1.56 bits per heavy atom. The van der Waals surface area contributed by atoms with Crippen molar-refractivity contribution in [2.75, 3.05) is 11.4 Å². The molecule has 0 saturated carbocycles. The second-order valence-corrected chi connectivity index (χ2v) is 10.2. The van der Waals surface area contributed by atoms with E-state index in [1.165, 1.54) is 4.57 Å². The van der Waals surface area contributed by atoms with Crippen LogP contribution in [0, 0.1) is 5.92 Å². The standard InChI is InChI=1S/C31H29N5O5/c1-21-17-34(23-13-15-25(16-14-23)41-24-11-7-4-8-12-24)30-32-28-27(35(30)18-21)29(38)36(31(39)33(28)2)19-26(37)40-20-22-9-5-3-6-10-22/h3-16,21H,17-20H2,1-2H3/t21-/m0/s1. The summed E-state index contributed by atoms with van der Waals surface area (Å²) in [5.41, 5.74) is 1.04. The van der Waals surface area contributed by atoms with Crippen LogP contribution >= 0.6 is 0 Å². The van der Waals surface area contributed by atoms with Crippen molar-refractivity contribution in [1.82, 2.24) is 18.7 Å². The number of esters is 1. The summed E-state index contributed by atoms with van der Waals surface area (Å²) in [6, 6.07) is 26.4. The molecule has 0 radical (unpaired) electrons. The van der Waals surface area contributed by atoms with Crippen LogP contribution in [0.1, 0.15) is 12.5 Å². The maximum atomic E-state index is 13.7. The molecule has 0 fully saturated rings. The van der Waals surface area contributed by atoms with Crippen LogP contribution in [-0.2, 0) is 36.3 Å². The monoisotopic (exact) mass is 551 g/mol. The quantitative estimate of drug-likeness (QED) is 0.279. The van der Waals surface area contributed by atoms with E-state index in [1.807, 2.05) is 94.4 Å². The molecule has 0 spiro atoms. The molecule has 0 saturated heterocycles. The minimum Gasteiger partial charge on any atom is -0.459 e. The van der Waals surface area contributed by atoms with Gasteiger partial charge in [-0.2, -0.15) is 4.98 Å². The Labute approximate surface area is 235 Å². The molecule has 1 aliphatic heterocycles. The zero-order valence-electron chi connectivity index (χ0n) is 22.8.